The molecule has 0 radical (unpaired) electrons. The summed E-state index contributed by atoms with van der Waals surface area (Å²) in [5.41, 5.74) is 0.319. The molecule has 1 N–H and O–H groups in total. The van der Waals surface area contributed by atoms with Gasteiger partial charge in [0.15, 0.2) is 0 Å². The molecule has 0 aliphatic carbocycles. The quantitative estimate of drug-likeness (QED) is 0.816. The third kappa shape index (κ3) is 3.98. The van der Waals surface area contributed by atoms with Crippen molar-refractivity contribution in [3.63, 3.8) is 0 Å². The molecule has 1 amide bonds. The lowest BCUT2D eigenvalue weighted by molar-refractivity contribution is -0.134. The third-order valence-corrected chi connectivity index (χ3v) is 3.85. The first kappa shape index (κ1) is 14.5. The van der Waals surface area contributed by atoms with E-state index in [1.54, 1.807) is 0 Å². The molecule has 0 spiro atoms. The van der Waals surface area contributed by atoms with Gasteiger partial charge in [0, 0.05) is 25.6 Å². The largest absolute Gasteiger partial charge is 0.342 e. The van der Waals surface area contributed by atoms with Crippen molar-refractivity contribution in [1.82, 2.24) is 10.2 Å². The van der Waals surface area contributed by atoms with Gasteiger partial charge < -0.3 is 10.2 Å². The minimum Gasteiger partial charge on any atom is -0.342 e. The molecule has 0 aromatic heterocycles. The van der Waals surface area contributed by atoms with Crippen LogP contribution in [0.3, 0.4) is 0 Å². The molecule has 1 rings (SSSR count). The van der Waals surface area contributed by atoms with Crippen molar-refractivity contribution in [2.24, 2.45) is 17.3 Å². The highest BCUT2D eigenvalue weighted by molar-refractivity contribution is 5.79. The lowest BCUT2D eigenvalue weighted by Gasteiger charge is -2.27. The average Bonchev–Trinajstić information content (AvgIpc) is 2.73. The maximum absolute atomic E-state index is 12.2. The van der Waals surface area contributed by atoms with Gasteiger partial charge in [-0.3, -0.25) is 4.79 Å². The smallest absolute Gasteiger partial charge is 0.226 e. The molecular weight excluding hydrogens is 212 g/mol. The van der Waals surface area contributed by atoms with Crippen molar-refractivity contribution in [2.75, 3.05) is 26.2 Å². The van der Waals surface area contributed by atoms with Crippen molar-refractivity contribution in [2.45, 2.75) is 41.0 Å². The lowest BCUT2D eigenvalue weighted by atomic mass is 9.80. The Morgan fingerprint density at radius 3 is 2.59 bits per heavy atom. The summed E-state index contributed by atoms with van der Waals surface area (Å²) < 4.78 is 0. The molecule has 100 valence electrons. The van der Waals surface area contributed by atoms with E-state index in [-0.39, 0.29) is 5.92 Å². The van der Waals surface area contributed by atoms with Crippen LogP contribution in [0.1, 0.15) is 41.0 Å². The van der Waals surface area contributed by atoms with Crippen molar-refractivity contribution >= 4 is 5.91 Å². The molecule has 1 aliphatic rings. The van der Waals surface area contributed by atoms with Crippen LogP contribution >= 0.6 is 0 Å². The van der Waals surface area contributed by atoms with E-state index in [1.165, 1.54) is 0 Å². The van der Waals surface area contributed by atoms with Gasteiger partial charge >= 0.3 is 0 Å². The Morgan fingerprint density at radius 1 is 1.47 bits per heavy atom. The van der Waals surface area contributed by atoms with Crippen LogP contribution in [0, 0.1) is 17.3 Å². The second kappa shape index (κ2) is 5.85. The Balaban J connectivity index is 2.45. The second-order valence-electron chi connectivity index (χ2n) is 6.34. The summed E-state index contributed by atoms with van der Waals surface area (Å²) in [5.74, 6) is 1.07. The van der Waals surface area contributed by atoms with Crippen molar-refractivity contribution in [3.05, 3.63) is 0 Å². The van der Waals surface area contributed by atoms with Gasteiger partial charge in [-0.15, -0.1) is 0 Å². The highest BCUT2D eigenvalue weighted by Crippen LogP contribution is 2.33. The average molecular weight is 240 g/mol. The fourth-order valence-electron chi connectivity index (χ4n) is 2.43. The zero-order chi connectivity index (χ0) is 13.1. The van der Waals surface area contributed by atoms with Crippen molar-refractivity contribution < 1.29 is 4.79 Å². The normalized spacial score (nSPS) is 22.9. The maximum Gasteiger partial charge on any atom is 0.226 e. The van der Waals surface area contributed by atoms with Gasteiger partial charge in [-0.05, 0) is 24.3 Å². The fourth-order valence-corrected chi connectivity index (χ4v) is 2.43. The SMILES string of the molecule is CCNCC(C)C(=O)N1CCC(C(C)(C)C)C1. The monoisotopic (exact) mass is 240 g/mol. The number of rotatable bonds is 4. The Labute approximate surface area is 106 Å². The minimum atomic E-state index is 0.105. The summed E-state index contributed by atoms with van der Waals surface area (Å²) in [6, 6.07) is 0. The standard InChI is InChI=1S/C14H28N2O/c1-6-15-9-11(2)13(17)16-8-7-12(10-16)14(3,4)5/h11-12,15H,6-10H2,1-5H3. The molecule has 0 aromatic carbocycles. The molecule has 1 aliphatic heterocycles. The first-order valence-electron chi connectivity index (χ1n) is 6.85. The number of carbonyl (C=O) groups is 1. The van der Waals surface area contributed by atoms with Crippen LogP contribution < -0.4 is 5.32 Å². The zero-order valence-corrected chi connectivity index (χ0v) is 12.0. The summed E-state index contributed by atoms with van der Waals surface area (Å²) in [6.07, 6.45) is 1.16. The molecule has 3 nitrogen and oxygen atoms in total. The lowest BCUT2D eigenvalue weighted by Crippen LogP contribution is -2.38. The van der Waals surface area contributed by atoms with Crippen LogP contribution in [0.5, 0.6) is 0 Å². The van der Waals surface area contributed by atoms with E-state index in [0.29, 0.717) is 17.2 Å². The summed E-state index contributed by atoms with van der Waals surface area (Å²) in [6.45, 7) is 14.5. The Kier molecular flexibility index (Phi) is 4.99. The fraction of sp³-hybridized carbons (Fsp3) is 0.929. The minimum absolute atomic E-state index is 0.105. The summed E-state index contributed by atoms with van der Waals surface area (Å²) in [5, 5.41) is 3.25. The molecule has 0 bridgehead atoms. The Bertz CT molecular complexity index is 257. The van der Waals surface area contributed by atoms with E-state index in [2.05, 4.69) is 37.9 Å². The summed E-state index contributed by atoms with van der Waals surface area (Å²) in [7, 11) is 0. The van der Waals surface area contributed by atoms with E-state index < -0.39 is 0 Å². The molecule has 1 heterocycles. The number of carbonyl (C=O) groups excluding carboxylic acids is 1. The van der Waals surface area contributed by atoms with Crippen LogP contribution in [0.15, 0.2) is 0 Å². The number of hydrogen-bond donors (Lipinski definition) is 1. The van der Waals surface area contributed by atoms with E-state index in [0.717, 1.165) is 32.6 Å². The molecule has 2 unspecified atom stereocenters. The van der Waals surface area contributed by atoms with E-state index in [1.807, 2.05) is 6.92 Å². The highest BCUT2D eigenvalue weighted by Gasteiger charge is 2.34. The van der Waals surface area contributed by atoms with E-state index in [9.17, 15) is 4.79 Å². The topological polar surface area (TPSA) is 32.3 Å². The Hall–Kier alpha value is -0.570. The van der Waals surface area contributed by atoms with Gasteiger partial charge in [0.05, 0.1) is 0 Å². The van der Waals surface area contributed by atoms with Crippen molar-refractivity contribution in [1.29, 1.82) is 0 Å². The van der Waals surface area contributed by atoms with Gasteiger partial charge in [-0.1, -0.05) is 34.6 Å². The van der Waals surface area contributed by atoms with E-state index in [4.69, 9.17) is 0 Å². The number of nitrogens with one attached hydrogen (secondary N) is 1. The molecule has 17 heavy (non-hydrogen) atoms. The molecule has 3 heteroatoms. The summed E-state index contributed by atoms with van der Waals surface area (Å²) in [4.78, 5) is 14.3. The number of amides is 1. The van der Waals surface area contributed by atoms with Crippen molar-refractivity contribution in [3.8, 4) is 0 Å². The van der Waals surface area contributed by atoms with Gasteiger partial charge in [-0.25, -0.2) is 0 Å². The first-order valence-corrected chi connectivity index (χ1v) is 6.85. The highest BCUT2D eigenvalue weighted by atomic mass is 16.2. The van der Waals surface area contributed by atoms with Crippen LogP contribution in [0.25, 0.3) is 0 Å². The predicted molar refractivity (Wildman–Crippen MR) is 71.8 cm³/mol. The molecular formula is C14H28N2O. The van der Waals surface area contributed by atoms with Crippen LogP contribution in [-0.2, 0) is 4.79 Å². The van der Waals surface area contributed by atoms with Gasteiger partial charge in [0.2, 0.25) is 5.91 Å². The van der Waals surface area contributed by atoms with E-state index >= 15 is 0 Å². The first-order chi connectivity index (χ1) is 7.86. The Morgan fingerprint density at radius 2 is 2.12 bits per heavy atom. The van der Waals surface area contributed by atoms with Crippen LogP contribution in [-0.4, -0.2) is 37.0 Å². The van der Waals surface area contributed by atoms with Crippen LogP contribution in [0.4, 0.5) is 0 Å². The van der Waals surface area contributed by atoms with Gasteiger partial charge in [0.25, 0.3) is 0 Å². The molecule has 1 fully saturated rings. The molecule has 2 atom stereocenters. The molecule has 0 aromatic rings. The van der Waals surface area contributed by atoms with Gasteiger partial charge in [0.1, 0.15) is 0 Å². The van der Waals surface area contributed by atoms with Gasteiger partial charge in [-0.2, -0.15) is 0 Å². The summed E-state index contributed by atoms with van der Waals surface area (Å²) >= 11 is 0. The molecule has 0 saturated carbocycles. The number of nitrogens with zero attached hydrogens (tertiary/aromatic N) is 1. The van der Waals surface area contributed by atoms with Crippen LogP contribution in [0.2, 0.25) is 0 Å². The number of hydrogen-bond acceptors (Lipinski definition) is 2. The predicted octanol–water partition coefficient (Wildman–Crippen LogP) is 2.13. The second-order valence-corrected chi connectivity index (χ2v) is 6.34. The molecule has 1 saturated heterocycles. The number of likely N-dealkylation sites (tertiary alicyclic amines) is 1. The zero-order valence-electron chi connectivity index (χ0n) is 12.0. The third-order valence-electron chi connectivity index (χ3n) is 3.85. The maximum atomic E-state index is 12.2.